The normalized spacial score (nSPS) is 10.1. The fraction of sp³-hybridized carbons (Fsp3) is 0.462. The van der Waals surface area contributed by atoms with Gasteiger partial charge in [-0.05, 0) is 25.0 Å². The van der Waals surface area contributed by atoms with Gasteiger partial charge in [0.1, 0.15) is 0 Å². The van der Waals surface area contributed by atoms with E-state index in [0.717, 1.165) is 22.3 Å². The van der Waals surface area contributed by atoms with Crippen LogP contribution in [0, 0.1) is 6.92 Å². The highest BCUT2D eigenvalue weighted by Crippen LogP contribution is 2.22. The van der Waals surface area contributed by atoms with Crippen molar-refractivity contribution in [1.29, 1.82) is 0 Å². The van der Waals surface area contributed by atoms with Gasteiger partial charge in [0.2, 0.25) is 0 Å². The minimum Gasteiger partial charge on any atom is -0.254 e. The summed E-state index contributed by atoms with van der Waals surface area (Å²) < 4.78 is 0. The first kappa shape index (κ1) is 12.6. The molecule has 0 radical (unpaired) electrons. The molecule has 2 rings (SSSR count). The first-order chi connectivity index (χ1) is 7.70. The number of rotatable bonds is 1. The molecule has 2 aromatic rings. The third-order valence-electron chi connectivity index (χ3n) is 2.28. The molecule has 0 aliphatic rings. The van der Waals surface area contributed by atoms with Crippen LogP contribution in [0.15, 0.2) is 18.3 Å². The molecule has 0 fully saturated rings. The molecular formula is C13H19N3. The highest BCUT2D eigenvalue weighted by atomic mass is 15.1. The van der Waals surface area contributed by atoms with Gasteiger partial charge in [0.25, 0.3) is 0 Å². The predicted octanol–water partition coefficient (Wildman–Crippen LogP) is 3.48. The number of hydrogen-bond acceptors (Lipinski definition) is 3. The third kappa shape index (κ3) is 2.35. The van der Waals surface area contributed by atoms with E-state index in [0.29, 0.717) is 5.92 Å². The van der Waals surface area contributed by atoms with Gasteiger partial charge in [-0.2, -0.15) is 10.2 Å². The van der Waals surface area contributed by atoms with E-state index in [1.54, 1.807) is 6.20 Å². The molecule has 3 heteroatoms. The summed E-state index contributed by atoms with van der Waals surface area (Å²) in [6.07, 6.45) is 1.79. The van der Waals surface area contributed by atoms with Crippen molar-refractivity contribution in [3.05, 3.63) is 29.7 Å². The van der Waals surface area contributed by atoms with E-state index in [1.165, 1.54) is 0 Å². The molecule has 0 atom stereocenters. The van der Waals surface area contributed by atoms with Gasteiger partial charge in [-0.25, -0.2) is 0 Å². The van der Waals surface area contributed by atoms with Crippen molar-refractivity contribution in [2.75, 3.05) is 0 Å². The van der Waals surface area contributed by atoms with Crippen molar-refractivity contribution in [3.8, 4) is 0 Å². The number of hydrogen-bond donors (Lipinski definition) is 0. The van der Waals surface area contributed by atoms with Crippen LogP contribution in [0.1, 0.15) is 45.0 Å². The minimum atomic E-state index is 0.384. The Morgan fingerprint density at radius 3 is 2.44 bits per heavy atom. The monoisotopic (exact) mass is 217 g/mol. The third-order valence-corrected chi connectivity index (χ3v) is 2.28. The van der Waals surface area contributed by atoms with Crippen LogP contribution in [0.3, 0.4) is 0 Å². The Labute approximate surface area is 96.9 Å². The van der Waals surface area contributed by atoms with Crippen molar-refractivity contribution >= 4 is 10.9 Å². The lowest BCUT2D eigenvalue weighted by Gasteiger charge is -2.07. The van der Waals surface area contributed by atoms with E-state index in [-0.39, 0.29) is 0 Å². The quantitative estimate of drug-likeness (QED) is 0.734. The summed E-state index contributed by atoms with van der Waals surface area (Å²) in [5, 5.41) is 9.45. The summed E-state index contributed by atoms with van der Waals surface area (Å²) in [7, 11) is 0. The van der Waals surface area contributed by atoms with Crippen LogP contribution in [-0.2, 0) is 0 Å². The molecule has 2 aromatic heterocycles. The van der Waals surface area contributed by atoms with Crippen LogP contribution >= 0.6 is 0 Å². The Balaban J connectivity index is 0.000000606. The molecule has 0 spiro atoms. The van der Waals surface area contributed by atoms with E-state index in [9.17, 15) is 0 Å². The molecule has 0 saturated carbocycles. The van der Waals surface area contributed by atoms with E-state index < -0.39 is 0 Å². The largest absolute Gasteiger partial charge is 0.254 e. The summed E-state index contributed by atoms with van der Waals surface area (Å²) >= 11 is 0. The topological polar surface area (TPSA) is 38.7 Å². The van der Waals surface area contributed by atoms with Crippen LogP contribution in [0.25, 0.3) is 10.9 Å². The molecule has 0 aromatic carbocycles. The van der Waals surface area contributed by atoms with Crippen LogP contribution < -0.4 is 0 Å². The molecule has 0 N–H and O–H groups in total. The van der Waals surface area contributed by atoms with E-state index >= 15 is 0 Å². The molecule has 2 heterocycles. The van der Waals surface area contributed by atoms with Crippen LogP contribution in [0.5, 0.6) is 0 Å². The van der Waals surface area contributed by atoms with Crippen LogP contribution in [0.4, 0.5) is 0 Å². The Morgan fingerprint density at radius 2 is 1.81 bits per heavy atom. The summed E-state index contributed by atoms with van der Waals surface area (Å²) in [5.74, 6) is 0.384. The number of fused-ring (bicyclic) bond motifs is 1. The van der Waals surface area contributed by atoms with Gasteiger partial charge in [-0.15, -0.1) is 0 Å². The van der Waals surface area contributed by atoms with E-state index in [1.807, 2.05) is 26.8 Å². The Kier molecular flexibility index (Phi) is 4.35. The number of aromatic nitrogens is 3. The maximum Gasteiger partial charge on any atom is 0.0951 e. The van der Waals surface area contributed by atoms with Gasteiger partial charge in [0.15, 0.2) is 0 Å². The van der Waals surface area contributed by atoms with Crippen molar-refractivity contribution in [2.24, 2.45) is 0 Å². The lowest BCUT2D eigenvalue weighted by molar-refractivity contribution is 0.791. The van der Waals surface area contributed by atoms with Crippen molar-refractivity contribution in [3.63, 3.8) is 0 Å². The highest BCUT2D eigenvalue weighted by Gasteiger charge is 2.09. The second kappa shape index (κ2) is 5.54. The van der Waals surface area contributed by atoms with E-state index in [4.69, 9.17) is 0 Å². The fourth-order valence-electron chi connectivity index (χ4n) is 1.56. The molecule has 16 heavy (non-hydrogen) atoms. The standard InChI is InChI=1S/C11H13N3.C2H6/c1-7(2)10-9-5-4-6-12-11(9)8(3)13-14-10;1-2/h4-7H,1-3H3;1-2H3. The molecule has 3 nitrogen and oxygen atoms in total. The number of aryl methyl sites for hydroxylation is 1. The van der Waals surface area contributed by atoms with Crippen molar-refractivity contribution in [2.45, 2.75) is 40.5 Å². The first-order valence-corrected chi connectivity index (χ1v) is 5.78. The second-order valence-electron chi connectivity index (χ2n) is 3.72. The van der Waals surface area contributed by atoms with Crippen molar-refractivity contribution in [1.82, 2.24) is 15.2 Å². The molecule has 86 valence electrons. The maximum absolute atomic E-state index is 4.32. The van der Waals surface area contributed by atoms with Gasteiger partial charge in [-0.1, -0.05) is 27.7 Å². The summed E-state index contributed by atoms with van der Waals surface area (Å²) in [6, 6.07) is 3.99. The van der Waals surface area contributed by atoms with Gasteiger partial charge in [-0.3, -0.25) is 4.98 Å². The summed E-state index contributed by atoms with van der Waals surface area (Å²) in [5.41, 5.74) is 2.88. The zero-order chi connectivity index (χ0) is 12.1. The molecule has 0 aliphatic carbocycles. The van der Waals surface area contributed by atoms with E-state index in [2.05, 4.69) is 35.1 Å². The zero-order valence-electron chi connectivity index (χ0n) is 10.7. The maximum atomic E-state index is 4.32. The summed E-state index contributed by atoms with van der Waals surface area (Å²) in [6.45, 7) is 10.2. The molecule has 0 aliphatic heterocycles. The molecule has 0 bridgehead atoms. The van der Waals surface area contributed by atoms with Gasteiger partial charge in [0.05, 0.1) is 16.9 Å². The Hall–Kier alpha value is -1.51. The average molecular weight is 217 g/mol. The van der Waals surface area contributed by atoms with Crippen LogP contribution in [0.2, 0.25) is 0 Å². The van der Waals surface area contributed by atoms with Crippen molar-refractivity contribution < 1.29 is 0 Å². The smallest absolute Gasteiger partial charge is 0.0951 e. The predicted molar refractivity (Wildman–Crippen MR) is 67.5 cm³/mol. The van der Waals surface area contributed by atoms with Gasteiger partial charge < -0.3 is 0 Å². The molecular weight excluding hydrogens is 198 g/mol. The lowest BCUT2D eigenvalue weighted by Crippen LogP contribution is -2.00. The fourth-order valence-corrected chi connectivity index (χ4v) is 1.56. The SMILES string of the molecule is CC.Cc1nnc(C(C)C)c2cccnc12. The summed E-state index contributed by atoms with van der Waals surface area (Å²) in [4.78, 5) is 4.32. The number of nitrogens with zero attached hydrogens (tertiary/aromatic N) is 3. The van der Waals surface area contributed by atoms with Gasteiger partial charge in [0, 0.05) is 11.6 Å². The second-order valence-corrected chi connectivity index (χ2v) is 3.72. The Bertz CT molecular complexity index is 464. The highest BCUT2D eigenvalue weighted by molar-refractivity contribution is 5.82. The molecule has 0 amide bonds. The first-order valence-electron chi connectivity index (χ1n) is 5.78. The zero-order valence-corrected chi connectivity index (χ0v) is 10.7. The molecule has 0 saturated heterocycles. The average Bonchev–Trinajstić information content (AvgIpc) is 2.32. The minimum absolute atomic E-state index is 0.384. The number of pyridine rings is 1. The Morgan fingerprint density at radius 1 is 1.12 bits per heavy atom. The lowest BCUT2D eigenvalue weighted by atomic mass is 10.1. The van der Waals surface area contributed by atoms with Gasteiger partial charge >= 0.3 is 0 Å². The molecule has 0 unspecified atom stereocenters. The van der Waals surface area contributed by atoms with Crippen LogP contribution in [-0.4, -0.2) is 15.2 Å².